The molecule has 3 saturated heterocycles. The molecule has 3 aliphatic heterocycles. The lowest BCUT2D eigenvalue weighted by molar-refractivity contribution is -0.142. The van der Waals surface area contributed by atoms with E-state index in [2.05, 4.69) is 10.2 Å². The molecule has 3 rings (SSSR count). The molecule has 0 aromatic carbocycles. The largest absolute Gasteiger partial charge is 0.378 e. The van der Waals surface area contributed by atoms with Crippen molar-refractivity contribution in [1.82, 2.24) is 15.1 Å². The standard InChI is InChI=1S/C15H27N3O3/c1-17(2)14(19)13-10-16-5-6-18(13)12-3-7-21-15(9-12)4-8-20-11-15/h12-13,16H,3-11H2,1-2H3. The van der Waals surface area contributed by atoms with Crippen LogP contribution in [-0.2, 0) is 14.3 Å². The van der Waals surface area contributed by atoms with Gasteiger partial charge in [0, 0.05) is 59.4 Å². The Morgan fingerprint density at radius 3 is 2.95 bits per heavy atom. The van der Waals surface area contributed by atoms with Crippen molar-refractivity contribution in [2.45, 2.75) is 36.9 Å². The SMILES string of the molecule is CN(C)C(=O)C1CNCCN1C1CCOC2(CCOC2)C1. The average Bonchev–Trinajstić information content (AvgIpc) is 2.94. The third-order valence-corrected chi connectivity index (χ3v) is 5.01. The second-order valence-electron chi connectivity index (χ2n) is 6.67. The normalized spacial score (nSPS) is 37.8. The van der Waals surface area contributed by atoms with Crippen LogP contribution in [0.2, 0.25) is 0 Å². The number of piperazine rings is 1. The van der Waals surface area contributed by atoms with E-state index in [-0.39, 0.29) is 17.6 Å². The van der Waals surface area contributed by atoms with Crippen molar-refractivity contribution in [3.05, 3.63) is 0 Å². The molecule has 1 amide bonds. The number of hydrogen-bond donors (Lipinski definition) is 1. The fourth-order valence-electron chi connectivity index (χ4n) is 3.83. The fraction of sp³-hybridized carbons (Fsp3) is 0.933. The molecule has 1 N–H and O–H groups in total. The second-order valence-corrected chi connectivity index (χ2v) is 6.67. The third-order valence-electron chi connectivity index (χ3n) is 5.01. The van der Waals surface area contributed by atoms with E-state index in [0.29, 0.717) is 12.6 Å². The monoisotopic (exact) mass is 297 g/mol. The molecule has 3 unspecified atom stereocenters. The first-order valence-corrected chi connectivity index (χ1v) is 8.01. The molecule has 0 radical (unpaired) electrons. The highest BCUT2D eigenvalue weighted by Gasteiger charge is 2.45. The zero-order valence-corrected chi connectivity index (χ0v) is 13.1. The van der Waals surface area contributed by atoms with Gasteiger partial charge in [-0.25, -0.2) is 0 Å². The van der Waals surface area contributed by atoms with Gasteiger partial charge in [0.15, 0.2) is 0 Å². The van der Waals surface area contributed by atoms with Crippen LogP contribution in [0.15, 0.2) is 0 Å². The van der Waals surface area contributed by atoms with Gasteiger partial charge in [-0.3, -0.25) is 9.69 Å². The van der Waals surface area contributed by atoms with Gasteiger partial charge in [-0.05, 0) is 12.8 Å². The van der Waals surface area contributed by atoms with Crippen molar-refractivity contribution >= 4 is 5.91 Å². The van der Waals surface area contributed by atoms with Crippen LogP contribution in [0.5, 0.6) is 0 Å². The molecular weight excluding hydrogens is 270 g/mol. The van der Waals surface area contributed by atoms with Gasteiger partial charge in [-0.2, -0.15) is 0 Å². The zero-order valence-electron chi connectivity index (χ0n) is 13.1. The summed E-state index contributed by atoms with van der Waals surface area (Å²) in [4.78, 5) is 16.6. The molecule has 3 aliphatic rings. The Kier molecular flexibility index (Phi) is 4.49. The number of likely N-dealkylation sites (N-methyl/N-ethyl adjacent to an activating group) is 1. The molecular formula is C15H27N3O3. The molecule has 6 nitrogen and oxygen atoms in total. The number of amides is 1. The van der Waals surface area contributed by atoms with E-state index in [4.69, 9.17) is 9.47 Å². The minimum Gasteiger partial charge on any atom is -0.378 e. The molecule has 0 bridgehead atoms. The van der Waals surface area contributed by atoms with Crippen molar-refractivity contribution in [2.75, 3.05) is 53.6 Å². The fourth-order valence-corrected chi connectivity index (χ4v) is 3.83. The number of ether oxygens (including phenoxy) is 2. The summed E-state index contributed by atoms with van der Waals surface area (Å²) in [6.45, 7) is 4.93. The van der Waals surface area contributed by atoms with Gasteiger partial charge in [-0.1, -0.05) is 0 Å². The second kappa shape index (κ2) is 6.20. The molecule has 1 spiro atoms. The van der Waals surface area contributed by atoms with E-state index in [1.807, 2.05) is 14.1 Å². The number of nitrogens with one attached hydrogen (secondary N) is 1. The van der Waals surface area contributed by atoms with Gasteiger partial charge < -0.3 is 19.7 Å². The smallest absolute Gasteiger partial charge is 0.240 e. The van der Waals surface area contributed by atoms with Gasteiger partial charge >= 0.3 is 0 Å². The summed E-state index contributed by atoms with van der Waals surface area (Å²) in [5, 5.41) is 3.36. The summed E-state index contributed by atoms with van der Waals surface area (Å²) < 4.78 is 11.6. The Balaban J connectivity index is 1.72. The Labute approximate surface area is 126 Å². The van der Waals surface area contributed by atoms with Crippen LogP contribution in [0.25, 0.3) is 0 Å². The van der Waals surface area contributed by atoms with E-state index >= 15 is 0 Å². The minimum absolute atomic E-state index is 0.0452. The molecule has 3 atom stereocenters. The number of carbonyl (C=O) groups is 1. The van der Waals surface area contributed by atoms with Crippen molar-refractivity contribution in [3.63, 3.8) is 0 Å². The molecule has 0 aliphatic carbocycles. The lowest BCUT2D eigenvalue weighted by atomic mass is 9.87. The highest BCUT2D eigenvalue weighted by molar-refractivity contribution is 5.81. The van der Waals surface area contributed by atoms with Gasteiger partial charge in [0.05, 0.1) is 12.2 Å². The van der Waals surface area contributed by atoms with E-state index in [1.165, 1.54) is 0 Å². The van der Waals surface area contributed by atoms with Crippen LogP contribution < -0.4 is 5.32 Å². The summed E-state index contributed by atoms with van der Waals surface area (Å²) in [5.41, 5.74) is -0.0977. The summed E-state index contributed by atoms with van der Waals surface area (Å²) in [6.07, 6.45) is 2.99. The van der Waals surface area contributed by atoms with Gasteiger partial charge in [0.25, 0.3) is 0 Å². The summed E-state index contributed by atoms with van der Waals surface area (Å²) in [6, 6.07) is 0.382. The Morgan fingerprint density at radius 2 is 2.24 bits per heavy atom. The van der Waals surface area contributed by atoms with Crippen LogP contribution in [0, 0.1) is 0 Å². The predicted octanol–water partition coefficient (Wildman–Crippen LogP) is -0.313. The van der Waals surface area contributed by atoms with Crippen molar-refractivity contribution in [3.8, 4) is 0 Å². The predicted molar refractivity (Wildman–Crippen MR) is 79.2 cm³/mol. The third kappa shape index (κ3) is 3.08. The summed E-state index contributed by atoms with van der Waals surface area (Å²) in [5.74, 6) is 0.199. The van der Waals surface area contributed by atoms with E-state index < -0.39 is 0 Å². The first-order chi connectivity index (χ1) is 10.1. The van der Waals surface area contributed by atoms with Crippen molar-refractivity contribution in [2.24, 2.45) is 0 Å². The van der Waals surface area contributed by atoms with Crippen LogP contribution in [0.3, 0.4) is 0 Å². The molecule has 120 valence electrons. The van der Waals surface area contributed by atoms with Crippen molar-refractivity contribution < 1.29 is 14.3 Å². The molecule has 21 heavy (non-hydrogen) atoms. The number of rotatable bonds is 2. The summed E-state index contributed by atoms with van der Waals surface area (Å²) in [7, 11) is 3.68. The van der Waals surface area contributed by atoms with E-state index in [0.717, 1.165) is 52.1 Å². The molecule has 0 aromatic heterocycles. The Hall–Kier alpha value is -0.690. The number of carbonyl (C=O) groups excluding carboxylic acids is 1. The molecule has 0 aromatic rings. The molecule has 0 saturated carbocycles. The topological polar surface area (TPSA) is 54.0 Å². The maximum atomic E-state index is 12.5. The first-order valence-electron chi connectivity index (χ1n) is 8.01. The zero-order chi connectivity index (χ0) is 14.9. The van der Waals surface area contributed by atoms with Crippen molar-refractivity contribution in [1.29, 1.82) is 0 Å². The van der Waals surface area contributed by atoms with Gasteiger partial charge in [0.1, 0.15) is 6.04 Å². The number of nitrogens with zero attached hydrogens (tertiary/aromatic N) is 2. The lowest BCUT2D eigenvalue weighted by Gasteiger charge is -2.46. The van der Waals surface area contributed by atoms with Crippen LogP contribution in [-0.4, -0.2) is 86.9 Å². The quantitative estimate of drug-likeness (QED) is 0.757. The van der Waals surface area contributed by atoms with Crippen LogP contribution in [0.1, 0.15) is 19.3 Å². The minimum atomic E-state index is -0.0977. The molecule has 6 heteroatoms. The summed E-state index contributed by atoms with van der Waals surface area (Å²) >= 11 is 0. The van der Waals surface area contributed by atoms with Gasteiger partial charge in [-0.15, -0.1) is 0 Å². The Morgan fingerprint density at radius 1 is 1.38 bits per heavy atom. The maximum Gasteiger partial charge on any atom is 0.240 e. The van der Waals surface area contributed by atoms with E-state index in [9.17, 15) is 4.79 Å². The Bertz CT molecular complexity index is 382. The number of hydrogen-bond acceptors (Lipinski definition) is 5. The lowest BCUT2D eigenvalue weighted by Crippen LogP contribution is -2.62. The maximum absolute atomic E-state index is 12.5. The van der Waals surface area contributed by atoms with Crippen LogP contribution >= 0.6 is 0 Å². The van der Waals surface area contributed by atoms with E-state index in [1.54, 1.807) is 4.90 Å². The first kappa shape index (κ1) is 15.2. The highest BCUT2D eigenvalue weighted by atomic mass is 16.6. The highest BCUT2D eigenvalue weighted by Crippen LogP contribution is 2.35. The molecule has 3 heterocycles. The molecule has 3 fully saturated rings. The average molecular weight is 297 g/mol. The van der Waals surface area contributed by atoms with Crippen LogP contribution in [0.4, 0.5) is 0 Å². The van der Waals surface area contributed by atoms with Gasteiger partial charge in [0.2, 0.25) is 5.91 Å².